The molecule has 0 unspecified atom stereocenters. The fourth-order valence-electron chi connectivity index (χ4n) is 1.49. The monoisotopic (exact) mass is 144 g/mol. The van der Waals surface area contributed by atoms with Crippen LogP contribution in [0.2, 0.25) is 0 Å². The van der Waals surface area contributed by atoms with E-state index < -0.39 is 5.79 Å². The van der Waals surface area contributed by atoms with E-state index in [0.717, 1.165) is 25.7 Å². The van der Waals surface area contributed by atoms with E-state index in [1.807, 2.05) is 0 Å². The van der Waals surface area contributed by atoms with Gasteiger partial charge in [-0.3, -0.25) is 0 Å². The Morgan fingerprint density at radius 3 is 2.00 bits per heavy atom. The number of ether oxygens (including phenoxy) is 1. The predicted molar refractivity (Wildman–Crippen MR) is 39.7 cm³/mol. The van der Waals surface area contributed by atoms with Crippen LogP contribution in [-0.4, -0.2) is 18.0 Å². The molecule has 0 aliphatic heterocycles. The highest BCUT2D eigenvalue weighted by atomic mass is 16.6. The van der Waals surface area contributed by atoms with Gasteiger partial charge >= 0.3 is 0 Å². The molecule has 0 spiro atoms. The van der Waals surface area contributed by atoms with Gasteiger partial charge < -0.3 is 9.84 Å². The Morgan fingerprint density at radius 1 is 1.10 bits per heavy atom. The van der Waals surface area contributed by atoms with E-state index in [4.69, 9.17) is 4.74 Å². The smallest absolute Gasteiger partial charge is 0.165 e. The minimum Gasteiger partial charge on any atom is -0.365 e. The average Bonchev–Trinajstić information content (AvgIpc) is 2.15. The summed E-state index contributed by atoms with van der Waals surface area (Å²) in [6, 6.07) is 0. The lowest BCUT2D eigenvalue weighted by Crippen LogP contribution is -2.29. The lowest BCUT2D eigenvalue weighted by molar-refractivity contribution is -0.192. The van der Waals surface area contributed by atoms with Crippen LogP contribution in [0.15, 0.2) is 0 Å². The second-order valence-electron chi connectivity index (χ2n) is 3.06. The lowest BCUT2D eigenvalue weighted by Gasteiger charge is -2.24. The first-order valence-corrected chi connectivity index (χ1v) is 4.04. The quantitative estimate of drug-likeness (QED) is 0.448. The number of rotatable bonds is 1. The molecule has 10 heavy (non-hydrogen) atoms. The molecule has 0 aromatic rings. The van der Waals surface area contributed by atoms with Crippen molar-refractivity contribution in [1.82, 2.24) is 0 Å². The summed E-state index contributed by atoms with van der Waals surface area (Å²) in [6.45, 7) is 0. The summed E-state index contributed by atoms with van der Waals surface area (Å²) in [5.74, 6) is -0.795. The van der Waals surface area contributed by atoms with Crippen molar-refractivity contribution in [2.45, 2.75) is 44.3 Å². The van der Waals surface area contributed by atoms with Crippen LogP contribution in [0, 0.1) is 0 Å². The molecule has 1 saturated carbocycles. The van der Waals surface area contributed by atoms with Gasteiger partial charge in [0.1, 0.15) is 0 Å². The summed E-state index contributed by atoms with van der Waals surface area (Å²) >= 11 is 0. The van der Waals surface area contributed by atoms with Crippen molar-refractivity contribution < 1.29 is 9.84 Å². The van der Waals surface area contributed by atoms with Gasteiger partial charge in [0, 0.05) is 20.0 Å². The third-order valence-corrected chi connectivity index (χ3v) is 2.26. The molecule has 0 amide bonds. The highest BCUT2D eigenvalue weighted by Crippen LogP contribution is 2.26. The van der Waals surface area contributed by atoms with Crippen molar-refractivity contribution in [2.24, 2.45) is 0 Å². The zero-order valence-corrected chi connectivity index (χ0v) is 6.60. The minimum absolute atomic E-state index is 0.795. The number of methoxy groups -OCH3 is 1. The molecule has 1 aliphatic carbocycles. The Hall–Kier alpha value is -0.0800. The van der Waals surface area contributed by atoms with Gasteiger partial charge in [-0.15, -0.1) is 0 Å². The Morgan fingerprint density at radius 2 is 1.60 bits per heavy atom. The highest BCUT2D eigenvalue weighted by Gasteiger charge is 2.26. The summed E-state index contributed by atoms with van der Waals surface area (Å²) < 4.78 is 5.01. The Bertz CT molecular complexity index is 93.4. The topological polar surface area (TPSA) is 29.5 Å². The fourth-order valence-corrected chi connectivity index (χ4v) is 1.49. The average molecular weight is 144 g/mol. The normalized spacial score (nSPS) is 25.8. The highest BCUT2D eigenvalue weighted by molar-refractivity contribution is 4.70. The molecule has 0 atom stereocenters. The maximum absolute atomic E-state index is 9.64. The van der Waals surface area contributed by atoms with Gasteiger partial charge in [-0.05, 0) is 12.8 Å². The van der Waals surface area contributed by atoms with Gasteiger partial charge in [0.15, 0.2) is 5.79 Å². The van der Waals surface area contributed by atoms with Crippen LogP contribution in [0.4, 0.5) is 0 Å². The fraction of sp³-hybridized carbons (Fsp3) is 1.00. The van der Waals surface area contributed by atoms with Gasteiger partial charge in [0.25, 0.3) is 0 Å². The van der Waals surface area contributed by atoms with Crippen LogP contribution in [0.5, 0.6) is 0 Å². The van der Waals surface area contributed by atoms with Crippen molar-refractivity contribution in [1.29, 1.82) is 0 Å². The SMILES string of the molecule is COC1(O)CCCCCC1. The van der Waals surface area contributed by atoms with Crippen molar-refractivity contribution in [3.63, 3.8) is 0 Å². The van der Waals surface area contributed by atoms with Gasteiger partial charge in [0.2, 0.25) is 0 Å². The molecular formula is C8H16O2. The lowest BCUT2D eigenvalue weighted by atomic mass is 10.1. The minimum atomic E-state index is -0.795. The van der Waals surface area contributed by atoms with Crippen LogP contribution in [-0.2, 0) is 4.74 Å². The molecule has 2 heteroatoms. The maximum Gasteiger partial charge on any atom is 0.165 e. The Labute approximate surface area is 62.2 Å². The second-order valence-corrected chi connectivity index (χ2v) is 3.06. The van der Waals surface area contributed by atoms with Crippen LogP contribution >= 0.6 is 0 Å². The molecule has 1 N–H and O–H groups in total. The molecule has 0 aromatic carbocycles. The predicted octanol–water partition coefficient (Wildman–Crippen LogP) is 1.68. The first-order valence-electron chi connectivity index (χ1n) is 4.04. The molecule has 0 bridgehead atoms. The van der Waals surface area contributed by atoms with Gasteiger partial charge in [-0.2, -0.15) is 0 Å². The molecule has 0 aromatic heterocycles. The summed E-state index contributed by atoms with van der Waals surface area (Å²) in [5, 5.41) is 9.64. The first kappa shape index (κ1) is 8.02. The molecule has 1 fully saturated rings. The zero-order valence-electron chi connectivity index (χ0n) is 6.60. The summed E-state index contributed by atoms with van der Waals surface area (Å²) in [5.41, 5.74) is 0. The molecule has 0 radical (unpaired) electrons. The molecule has 1 aliphatic rings. The molecule has 0 saturated heterocycles. The van der Waals surface area contributed by atoms with E-state index >= 15 is 0 Å². The molecule has 2 nitrogen and oxygen atoms in total. The first-order chi connectivity index (χ1) is 4.77. The van der Waals surface area contributed by atoms with E-state index in [0.29, 0.717) is 0 Å². The van der Waals surface area contributed by atoms with Crippen molar-refractivity contribution >= 4 is 0 Å². The van der Waals surface area contributed by atoms with E-state index in [2.05, 4.69) is 0 Å². The van der Waals surface area contributed by atoms with Gasteiger partial charge in [0.05, 0.1) is 0 Å². The molecule has 60 valence electrons. The van der Waals surface area contributed by atoms with Crippen LogP contribution in [0.3, 0.4) is 0 Å². The summed E-state index contributed by atoms with van der Waals surface area (Å²) in [6.07, 6.45) is 6.30. The van der Waals surface area contributed by atoms with Crippen molar-refractivity contribution in [3.05, 3.63) is 0 Å². The van der Waals surface area contributed by atoms with Gasteiger partial charge in [-0.1, -0.05) is 12.8 Å². The number of hydrogen-bond acceptors (Lipinski definition) is 2. The number of hydrogen-bond donors (Lipinski definition) is 1. The maximum atomic E-state index is 9.64. The van der Waals surface area contributed by atoms with Crippen molar-refractivity contribution in [2.75, 3.05) is 7.11 Å². The van der Waals surface area contributed by atoms with Crippen molar-refractivity contribution in [3.8, 4) is 0 Å². The molecule has 1 rings (SSSR count). The molecule has 0 heterocycles. The Balaban J connectivity index is 2.41. The zero-order chi connectivity index (χ0) is 7.45. The third-order valence-electron chi connectivity index (χ3n) is 2.26. The van der Waals surface area contributed by atoms with Gasteiger partial charge in [-0.25, -0.2) is 0 Å². The third kappa shape index (κ3) is 1.96. The summed E-state index contributed by atoms with van der Waals surface area (Å²) in [7, 11) is 1.59. The van der Waals surface area contributed by atoms with Crippen LogP contribution < -0.4 is 0 Å². The van der Waals surface area contributed by atoms with E-state index in [1.54, 1.807) is 7.11 Å². The summed E-state index contributed by atoms with van der Waals surface area (Å²) in [4.78, 5) is 0. The van der Waals surface area contributed by atoms with E-state index in [1.165, 1.54) is 12.8 Å². The van der Waals surface area contributed by atoms with E-state index in [9.17, 15) is 5.11 Å². The largest absolute Gasteiger partial charge is 0.365 e. The van der Waals surface area contributed by atoms with Crippen LogP contribution in [0.25, 0.3) is 0 Å². The number of aliphatic hydroxyl groups is 1. The second kappa shape index (κ2) is 3.35. The standard InChI is InChI=1S/C8H16O2/c1-10-8(9)6-4-2-3-5-7-8/h9H,2-7H2,1H3. The van der Waals surface area contributed by atoms with Crippen LogP contribution in [0.1, 0.15) is 38.5 Å². The Kier molecular flexibility index (Phi) is 2.69. The molecular weight excluding hydrogens is 128 g/mol. The van der Waals surface area contributed by atoms with E-state index in [-0.39, 0.29) is 0 Å².